The number of benzene rings is 1. The van der Waals surface area contributed by atoms with E-state index in [1.54, 1.807) is 6.21 Å². The van der Waals surface area contributed by atoms with Gasteiger partial charge in [0, 0.05) is 12.8 Å². The van der Waals surface area contributed by atoms with Crippen molar-refractivity contribution in [1.82, 2.24) is 10.7 Å². The smallest absolute Gasteiger partial charge is 0.187 e. The summed E-state index contributed by atoms with van der Waals surface area (Å²) in [6, 6.07) is 10.1. The second-order valence-electron chi connectivity index (χ2n) is 2.67. The van der Waals surface area contributed by atoms with Gasteiger partial charge < -0.3 is 5.32 Å². The van der Waals surface area contributed by atoms with E-state index in [2.05, 4.69) is 15.8 Å². The van der Waals surface area contributed by atoms with Crippen LogP contribution in [0.15, 0.2) is 35.4 Å². The van der Waals surface area contributed by atoms with E-state index in [4.69, 9.17) is 12.2 Å². The fraction of sp³-hybridized carbons (Fsp3) is 0.200. The Balaban J connectivity index is 2.31. The van der Waals surface area contributed by atoms with Gasteiger partial charge in [-0.05, 0) is 24.7 Å². The summed E-state index contributed by atoms with van der Waals surface area (Å²) in [5.41, 5.74) is 3.88. The van der Waals surface area contributed by atoms with Crippen LogP contribution in [0, 0.1) is 0 Å². The van der Waals surface area contributed by atoms with Gasteiger partial charge in [-0.3, -0.25) is 5.43 Å². The normalized spacial score (nSPS) is 10.1. The second kappa shape index (κ2) is 6.10. The monoisotopic (exact) mass is 207 g/mol. The van der Waals surface area contributed by atoms with Crippen molar-refractivity contribution in [2.24, 2.45) is 5.10 Å². The van der Waals surface area contributed by atoms with Gasteiger partial charge in [-0.25, -0.2) is 0 Å². The van der Waals surface area contributed by atoms with E-state index in [-0.39, 0.29) is 0 Å². The number of hydrogen-bond acceptors (Lipinski definition) is 2. The first-order valence-electron chi connectivity index (χ1n) is 4.38. The van der Waals surface area contributed by atoms with E-state index in [1.165, 1.54) is 5.56 Å². The molecule has 0 saturated heterocycles. The molecule has 1 rings (SSSR count). The van der Waals surface area contributed by atoms with Crippen molar-refractivity contribution >= 4 is 23.5 Å². The van der Waals surface area contributed by atoms with Crippen molar-refractivity contribution in [3.8, 4) is 0 Å². The van der Waals surface area contributed by atoms with Crippen LogP contribution >= 0.6 is 12.2 Å². The summed E-state index contributed by atoms with van der Waals surface area (Å²) in [7, 11) is 0. The summed E-state index contributed by atoms with van der Waals surface area (Å²) >= 11 is 4.98. The van der Waals surface area contributed by atoms with Crippen molar-refractivity contribution in [2.45, 2.75) is 13.5 Å². The molecule has 0 atom stereocenters. The van der Waals surface area contributed by atoms with Crippen LogP contribution in [0.3, 0.4) is 0 Å². The zero-order chi connectivity index (χ0) is 10.2. The Hall–Kier alpha value is -1.42. The average molecular weight is 207 g/mol. The summed E-state index contributed by atoms with van der Waals surface area (Å²) < 4.78 is 0. The first-order valence-corrected chi connectivity index (χ1v) is 4.79. The predicted octanol–water partition coefficient (Wildman–Crippen LogP) is 1.66. The molecule has 0 radical (unpaired) electrons. The Bertz CT molecular complexity index is 308. The van der Waals surface area contributed by atoms with Crippen LogP contribution in [-0.4, -0.2) is 11.3 Å². The molecule has 0 aliphatic heterocycles. The molecule has 3 nitrogen and oxygen atoms in total. The molecule has 14 heavy (non-hydrogen) atoms. The van der Waals surface area contributed by atoms with Gasteiger partial charge in [0.1, 0.15) is 0 Å². The van der Waals surface area contributed by atoms with Gasteiger partial charge in [0.25, 0.3) is 0 Å². The molecular formula is C10H13N3S. The van der Waals surface area contributed by atoms with Gasteiger partial charge in [-0.2, -0.15) is 5.10 Å². The molecule has 0 aromatic heterocycles. The molecule has 0 heterocycles. The second-order valence-corrected chi connectivity index (χ2v) is 3.08. The number of thiocarbonyl (C=S) groups is 1. The number of nitrogens with zero attached hydrogens (tertiary/aromatic N) is 1. The van der Waals surface area contributed by atoms with Crippen LogP contribution in [-0.2, 0) is 6.54 Å². The third kappa shape index (κ3) is 4.00. The number of hydrogen-bond donors (Lipinski definition) is 2. The third-order valence-electron chi connectivity index (χ3n) is 1.59. The van der Waals surface area contributed by atoms with E-state index < -0.39 is 0 Å². The van der Waals surface area contributed by atoms with Crippen LogP contribution in [0.5, 0.6) is 0 Å². The van der Waals surface area contributed by atoms with E-state index in [1.807, 2.05) is 37.3 Å². The summed E-state index contributed by atoms with van der Waals surface area (Å²) in [5.74, 6) is 0. The van der Waals surface area contributed by atoms with Crippen molar-refractivity contribution in [2.75, 3.05) is 0 Å². The molecule has 0 amide bonds. The maximum Gasteiger partial charge on any atom is 0.187 e. The highest BCUT2D eigenvalue weighted by Gasteiger charge is 1.93. The minimum atomic E-state index is 0.534. The zero-order valence-electron chi connectivity index (χ0n) is 8.03. The average Bonchev–Trinajstić information content (AvgIpc) is 2.25. The van der Waals surface area contributed by atoms with Gasteiger partial charge in [0.15, 0.2) is 5.11 Å². The Labute approximate surface area is 89.2 Å². The minimum Gasteiger partial charge on any atom is -0.357 e. The van der Waals surface area contributed by atoms with Crippen LogP contribution in [0.2, 0.25) is 0 Å². The fourth-order valence-electron chi connectivity index (χ4n) is 0.941. The Morgan fingerprint density at radius 1 is 1.43 bits per heavy atom. The van der Waals surface area contributed by atoms with Crippen LogP contribution in [0.4, 0.5) is 0 Å². The van der Waals surface area contributed by atoms with Crippen LogP contribution < -0.4 is 10.7 Å². The van der Waals surface area contributed by atoms with Gasteiger partial charge in [0.05, 0.1) is 0 Å². The quantitative estimate of drug-likeness (QED) is 0.449. The highest BCUT2D eigenvalue weighted by Crippen LogP contribution is 1.96. The van der Waals surface area contributed by atoms with Crippen molar-refractivity contribution in [3.05, 3.63) is 35.9 Å². The SMILES string of the molecule is C/C=N\NC(=S)NCc1ccccc1. The van der Waals surface area contributed by atoms with E-state index >= 15 is 0 Å². The topological polar surface area (TPSA) is 36.4 Å². The van der Waals surface area contributed by atoms with E-state index in [0.29, 0.717) is 11.7 Å². The Morgan fingerprint density at radius 2 is 2.14 bits per heavy atom. The van der Waals surface area contributed by atoms with Crippen LogP contribution in [0.1, 0.15) is 12.5 Å². The lowest BCUT2D eigenvalue weighted by molar-refractivity contribution is 0.868. The lowest BCUT2D eigenvalue weighted by atomic mass is 10.2. The highest BCUT2D eigenvalue weighted by molar-refractivity contribution is 7.80. The van der Waals surface area contributed by atoms with Crippen molar-refractivity contribution in [3.63, 3.8) is 0 Å². The highest BCUT2D eigenvalue weighted by atomic mass is 32.1. The zero-order valence-corrected chi connectivity index (χ0v) is 8.84. The first-order chi connectivity index (χ1) is 6.83. The molecule has 1 aromatic rings. The number of rotatable bonds is 3. The van der Waals surface area contributed by atoms with Crippen molar-refractivity contribution in [1.29, 1.82) is 0 Å². The van der Waals surface area contributed by atoms with E-state index in [9.17, 15) is 0 Å². The molecule has 0 aliphatic carbocycles. The molecule has 74 valence electrons. The molecule has 0 aliphatic rings. The predicted molar refractivity (Wildman–Crippen MR) is 63.2 cm³/mol. The molecule has 0 fully saturated rings. The largest absolute Gasteiger partial charge is 0.357 e. The van der Waals surface area contributed by atoms with E-state index in [0.717, 1.165) is 0 Å². The van der Waals surface area contributed by atoms with Gasteiger partial charge in [-0.1, -0.05) is 30.3 Å². The maximum absolute atomic E-state index is 4.98. The maximum atomic E-state index is 4.98. The summed E-state index contributed by atoms with van der Waals surface area (Å²) in [6.07, 6.45) is 1.65. The lowest BCUT2D eigenvalue weighted by Crippen LogP contribution is -2.31. The molecule has 4 heteroatoms. The summed E-state index contributed by atoms with van der Waals surface area (Å²) in [6.45, 7) is 2.54. The minimum absolute atomic E-state index is 0.534. The molecule has 0 spiro atoms. The van der Waals surface area contributed by atoms with Crippen LogP contribution in [0.25, 0.3) is 0 Å². The van der Waals surface area contributed by atoms with Gasteiger partial charge in [-0.15, -0.1) is 0 Å². The fourth-order valence-corrected chi connectivity index (χ4v) is 1.07. The van der Waals surface area contributed by atoms with Crippen molar-refractivity contribution < 1.29 is 0 Å². The number of hydrazone groups is 1. The number of nitrogens with one attached hydrogen (secondary N) is 2. The molecule has 2 N–H and O–H groups in total. The van der Waals surface area contributed by atoms with Gasteiger partial charge >= 0.3 is 0 Å². The van der Waals surface area contributed by atoms with Gasteiger partial charge in [0.2, 0.25) is 0 Å². The summed E-state index contributed by atoms with van der Waals surface area (Å²) in [5, 5.41) is 7.38. The molecule has 0 unspecified atom stereocenters. The molecule has 0 bridgehead atoms. The Morgan fingerprint density at radius 3 is 2.79 bits per heavy atom. The molecule has 0 saturated carbocycles. The lowest BCUT2D eigenvalue weighted by Gasteiger charge is -2.06. The standard InChI is InChI=1S/C10H13N3S/c1-2-12-13-10(14)11-8-9-6-4-3-5-7-9/h2-7H,8H2,1H3,(H2,11,13,14)/b12-2-. The first kappa shape index (κ1) is 10.7. The molecule has 1 aromatic carbocycles. The summed E-state index contributed by atoms with van der Waals surface area (Å²) in [4.78, 5) is 0. The Kier molecular flexibility index (Phi) is 4.64. The molecular weight excluding hydrogens is 194 g/mol. The third-order valence-corrected chi connectivity index (χ3v) is 1.83.